The molecule has 4 nitrogen and oxygen atoms in total. The summed E-state index contributed by atoms with van der Waals surface area (Å²) in [6.45, 7) is 7.86. The van der Waals surface area contributed by atoms with Gasteiger partial charge in [0.1, 0.15) is 5.75 Å². The van der Waals surface area contributed by atoms with Crippen LogP contribution < -0.4 is 10.5 Å². The molecule has 0 spiro atoms. The van der Waals surface area contributed by atoms with E-state index in [0.29, 0.717) is 12.0 Å². The summed E-state index contributed by atoms with van der Waals surface area (Å²) in [4.78, 5) is 6.53. The lowest BCUT2D eigenvalue weighted by atomic mass is 10.0. The van der Waals surface area contributed by atoms with Gasteiger partial charge in [-0.1, -0.05) is 19.1 Å². The van der Waals surface area contributed by atoms with Crippen molar-refractivity contribution in [2.75, 3.05) is 13.2 Å². The zero-order valence-corrected chi connectivity index (χ0v) is 12.0. The third-order valence-corrected chi connectivity index (χ3v) is 3.30. The van der Waals surface area contributed by atoms with E-state index in [2.05, 4.69) is 42.8 Å². The Kier molecular flexibility index (Phi) is 4.30. The van der Waals surface area contributed by atoms with Crippen molar-refractivity contribution in [2.24, 2.45) is 10.7 Å². The van der Waals surface area contributed by atoms with Gasteiger partial charge in [0.15, 0.2) is 5.96 Å². The smallest absolute Gasteiger partial charge is 0.192 e. The van der Waals surface area contributed by atoms with Crippen LogP contribution in [0.1, 0.15) is 38.8 Å². The van der Waals surface area contributed by atoms with Crippen LogP contribution in [0, 0.1) is 0 Å². The van der Waals surface area contributed by atoms with Crippen LogP contribution in [0.3, 0.4) is 0 Å². The van der Waals surface area contributed by atoms with Gasteiger partial charge >= 0.3 is 0 Å². The number of hydrogen-bond donors (Lipinski definition) is 1. The molecule has 19 heavy (non-hydrogen) atoms. The van der Waals surface area contributed by atoms with Crippen molar-refractivity contribution in [3.63, 3.8) is 0 Å². The highest BCUT2D eigenvalue weighted by Gasteiger charge is 2.29. The molecule has 1 aliphatic heterocycles. The van der Waals surface area contributed by atoms with E-state index in [1.54, 1.807) is 0 Å². The number of guanidine groups is 1. The van der Waals surface area contributed by atoms with E-state index >= 15 is 0 Å². The summed E-state index contributed by atoms with van der Waals surface area (Å²) < 4.78 is 5.69. The van der Waals surface area contributed by atoms with Crippen molar-refractivity contribution in [3.05, 3.63) is 29.8 Å². The second kappa shape index (κ2) is 5.95. The second-order valence-electron chi connectivity index (χ2n) is 5.14. The fourth-order valence-electron chi connectivity index (χ4n) is 2.43. The highest BCUT2D eigenvalue weighted by Crippen LogP contribution is 2.29. The first-order valence-corrected chi connectivity index (χ1v) is 6.94. The number of nitrogens with two attached hydrogens (primary N) is 1. The summed E-state index contributed by atoms with van der Waals surface area (Å²) >= 11 is 0. The molecular formula is C15H23N3O. The van der Waals surface area contributed by atoms with Crippen LogP contribution in [0.15, 0.2) is 29.3 Å². The minimum Gasteiger partial charge on any atom is -0.494 e. The molecule has 104 valence electrons. The van der Waals surface area contributed by atoms with E-state index in [-0.39, 0.29) is 6.04 Å². The normalized spacial score (nSPS) is 18.8. The number of ether oxygens (including phenoxy) is 1. The fourth-order valence-corrected chi connectivity index (χ4v) is 2.43. The first-order chi connectivity index (χ1) is 9.13. The monoisotopic (exact) mass is 261 g/mol. The molecular weight excluding hydrogens is 238 g/mol. The topological polar surface area (TPSA) is 50.9 Å². The van der Waals surface area contributed by atoms with E-state index < -0.39 is 0 Å². The van der Waals surface area contributed by atoms with E-state index in [1.165, 1.54) is 5.56 Å². The third kappa shape index (κ3) is 3.00. The molecule has 1 aromatic carbocycles. The first-order valence-electron chi connectivity index (χ1n) is 6.94. The van der Waals surface area contributed by atoms with Crippen LogP contribution in [-0.4, -0.2) is 30.1 Å². The molecule has 0 bridgehead atoms. The average Bonchev–Trinajstić information content (AvgIpc) is 2.79. The van der Waals surface area contributed by atoms with Gasteiger partial charge < -0.3 is 15.4 Å². The summed E-state index contributed by atoms with van der Waals surface area (Å²) in [6.07, 6.45) is 1.02. The summed E-state index contributed by atoms with van der Waals surface area (Å²) in [5, 5.41) is 0. The minimum atomic E-state index is 0.227. The maximum Gasteiger partial charge on any atom is 0.192 e. The van der Waals surface area contributed by atoms with E-state index in [0.717, 1.165) is 25.3 Å². The second-order valence-corrected chi connectivity index (χ2v) is 5.14. The van der Waals surface area contributed by atoms with Gasteiger partial charge in [-0.05, 0) is 38.0 Å². The number of benzene rings is 1. The molecule has 1 aromatic rings. The Hall–Kier alpha value is -1.71. The quantitative estimate of drug-likeness (QED) is 0.886. The molecule has 1 heterocycles. The van der Waals surface area contributed by atoms with Crippen LogP contribution in [0.4, 0.5) is 0 Å². The molecule has 0 fully saturated rings. The number of nitrogens with zero attached hydrogens (tertiary/aromatic N) is 2. The van der Waals surface area contributed by atoms with Crippen molar-refractivity contribution in [3.8, 4) is 5.75 Å². The standard InChI is InChI=1S/C15H23N3O/c1-4-8-19-13-7-5-6-12(9-13)14-10-17-15(16)18(14)11(2)3/h5-7,9,11,14H,4,8,10H2,1-3H3,(H2,16,17). The Bertz CT molecular complexity index is 456. The van der Waals surface area contributed by atoms with Crippen molar-refractivity contribution in [1.29, 1.82) is 0 Å². The molecule has 0 radical (unpaired) electrons. The molecule has 0 saturated heterocycles. The Balaban J connectivity index is 2.17. The lowest BCUT2D eigenvalue weighted by molar-refractivity contribution is 0.287. The molecule has 0 aromatic heterocycles. The zero-order chi connectivity index (χ0) is 13.8. The summed E-state index contributed by atoms with van der Waals surface area (Å²) in [5.41, 5.74) is 7.18. The zero-order valence-electron chi connectivity index (χ0n) is 12.0. The van der Waals surface area contributed by atoms with Crippen LogP contribution in [0.2, 0.25) is 0 Å². The molecule has 1 aliphatic rings. The van der Waals surface area contributed by atoms with Gasteiger partial charge in [0, 0.05) is 6.04 Å². The average molecular weight is 261 g/mol. The Morgan fingerprint density at radius 1 is 1.47 bits per heavy atom. The maximum atomic E-state index is 5.97. The Morgan fingerprint density at radius 3 is 2.95 bits per heavy atom. The van der Waals surface area contributed by atoms with Gasteiger partial charge in [0.05, 0.1) is 19.2 Å². The molecule has 0 aliphatic carbocycles. The third-order valence-electron chi connectivity index (χ3n) is 3.30. The maximum absolute atomic E-state index is 5.97. The molecule has 2 N–H and O–H groups in total. The van der Waals surface area contributed by atoms with Crippen molar-refractivity contribution < 1.29 is 4.74 Å². The largest absolute Gasteiger partial charge is 0.494 e. The van der Waals surface area contributed by atoms with E-state index in [4.69, 9.17) is 10.5 Å². The van der Waals surface area contributed by atoms with Crippen molar-refractivity contribution in [2.45, 2.75) is 39.3 Å². The molecule has 0 saturated carbocycles. The van der Waals surface area contributed by atoms with Crippen LogP contribution >= 0.6 is 0 Å². The van der Waals surface area contributed by atoms with Crippen LogP contribution in [0.5, 0.6) is 5.75 Å². The Morgan fingerprint density at radius 2 is 2.26 bits per heavy atom. The highest BCUT2D eigenvalue weighted by atomic mass is 16.5. The minimum absolute atomic E-state index is 0.227. The summed E-state index contributed by atoms with van der Waals surface area (Å²) in [5.74, 6) is 1.56. The van der Waals surface area contributed by atoms with Gasteiger partial charge in [-0.15, -0.1) is 0 Å². The van der Waals surface area contributed by atoms with Crippen molar-refractivity contribution in [1.82, 2.24) is 4.90 Å². The van der Waals surface area contributed by atoms with Gasteiger partial charge in [-0.2, -0.15) is 0 Å². The van der Waals surface area contributed by atoms with Gasteiger partial charge in [-0.25, -0.2) is 0 Å². The lowest BCUT2D eigenvalue weighted by Crippen LogP contribution is -2.40. The molecule has 4 heteroatoms. The molecule has 1 atom stereocenters. The van der Waals surface area contributed by atoms with Crippen molar-refractivity contribution >= 4 is 5.96 Å². The predicted molar refractivity (Wildman–Crippen MR) is 78.4 cm³/mol. The number of hydrogen-bond acceptors (Lipinski definition) is 4. The predicted octanol–water partition coefficient (Wildman–Crippen LogP) is 2.56. The molecule has 1 unspecified atom stereocenters. The summed E-state index contributed by atoms with van der Waals surface area (Å²) in [6, 6.07) is 8.82. The lowest BCUT2D eigenvalue weighted by Gasteiger charge is -2.30. The number of rotatable bonds is 5. The van der Waals surface area contributed by atoms with E-state index in [1.807, 2.05) is 12.1 Å². The van der Waals surface area contributed by atoms with E-state index in [9.17, 15) is 0 Å². The van der Waals surface area contributed by atoms with Gasteiger partial charge in [-0.3, -0.25) is 4.99 Å². The first kappa shape index (κ1) is 13.7. The van der Waals surface area contributed by atoms with Gasteiger partial charge in [0.2, 0.25) is 0 Å². The van der Waals surface area contributed by atoms with Crippen LogP contribution in [0.25, 0.3) is 0 Å². The molecule has 2 rings (SSSR count). The van der Waals surface area contributed by atoms with Crippen LogP contribution in [-0.2, 0) is 0 Å². The summed E-state index contributed by atoms with van der Waals surface area (Å²) in [7, 11) is 0. The Labute approximate surface area is 115 Å². The molecule has 0 amide bonds. The SMILES string of the molecule is CCCOc1cccc(C2CN=C(N)N2C(C)C)c1. The van der Waals surface area contributed by atoms with Gasteiger partial charge in [0.25, 0.3) is 0 Å². The number of aliphatic imine (C=N–C) groups is 1. The fraction of sp³-hybridized carbons (Fsp3) is 0.533. The highest BCUT2D eigenvalue weighted by molar-refractivity contribution is 5.80.